The smallest absolute Gasteiger partial charge is 0.328 e. The Balaban J connectivity index is 0.00000980. The zero-order chi connectivity index (χ0) is 67.6. The van der Waals surface area contributed by atoms with Gasteiger partial charge in [-0.2, -0.15) is 0 Å². The van der Waals surface area contributed by atoms with Crippen LogP contribution in [0.25, 0.3) is 0 Å². The zero-order valence-corrected chi connectivity index (χ0v) is 60.7. The van der Waals surface area contributed by atoms with Crippen LogP contribution in [-0.4, -0.2) is 149 Å². The first-order chi connectivity index (χ1) is 45.6. The van der Waals surface area contributed by atoms with Gasteiger partial charge in [0.1, 0.15) is 83.6 Å². The maximum absolute atomic E-state index is 13.6. The largest absolute Gasteiger partial charge is 1.00 e. The van der Waals surface area contributed by atoms with Gasteiger partial charge in [0, 0.05) is 37.2 Å². The molecule has 6 rings (SSSR count). The Bertz CT molecular complexity index is 3000. The van der Waals surface area contributed by atoms with Crippen molar-refractivity contribution in [2.24, 2.45) is 0 Å². The molecule has 26 heteroatoms. The molecular weight excluding hydrogens is 1430 g/mol. The quantitative estimate of drug-likeness (QED) is 0.00900. The van der Waals surface area contributed by atoms with Gasteiger partial charge in [-0.3, -0.25) is 38.4 Å². The molecule has 0 saturated heterocycles. The van der Waals surface area contributed by atoms with E-state index in [9.17, 15) is 47.9 Å². The van der Waals surface area contributed by atoms with Gasteiger partial charge in [0.05, 0.1) is 40.8 Å². The van der Waals surface area contributed by atoms with Crippen molar-refractivity contribution in [2.75, 3.05) is 65.4 Å². The van der Waals surface area contributed by atoms with Crippen LogP contribution in [0.15, 0.2) is 182 Å². The Kier molecular flexibility index (Phi) is 36.8. The van der Waals surface area contributed by atoms with E-state index in [1.165, 1.54) is 46.0 Å². The highest BCUT2D eigenvalue weighted by Crippen LogP contribution is 2.57. The fraction of sp³-hybridized carbons (Fsp3) is 0.343. The van der Waals surface area contributed by atoms with Crippen molar-refractivity contribution in [1.82, 2.24) is 31.9 Å². The second-order valence-corrected chi connectivity index (χ2v) is 31.5. The highest BCUT2D eigenvalue weighted by Gasteiger charge is 2.46. The molecule has 0 saturated carbocycles. The first-order valence-electron chi connectivity index (χ1n) is 30.9. The Labute approximate surface area is 591 Å². The standard InChI is InChI=1S/C70H82N6O14P2S2.2BrH/c1-87-65(81)47-71-67(83)59(75-63(79)43-41-57(69(85)89-3)73-61(77)39-23-25-45-91(51-27-11-5-12-28-51,52-29-13-6-14-30-52)53-31-15-7-16-32-53)49-93-94-50-60(68(84)72-48-66(82)88-2)76-64(80)44-42-58(70(86)90-4)74-62(78)40-24-26-46-92(54-33-17-8-18-34-54,55-35-19-9-20-36-55)56-37-21-10-22-38-56;;/h5-22,27-38,57-60H,23-26,39-50H2,1-4H3,(H4-2,71,72,73,74,75,76,77,78,79,80,83,84);2*1H. The number of carbonyl (C=O) groups is 10. The van der Waals surface area contributed by atoms with Gasteiger partial charge in [-0.15, -0.1) is 0 Å². The van der Waals surface area contributed by atoms with Crippen molar-refractivity contribution in [1.29, 1.82) is 0 Å². The lowest BCUT2D eigenvalue weighted by Crippen LogP contribution is -3.00. The van der Waals surface area contributed by atoms with Crippen LogP contribution in [0.2, 0.25) is 0 Å². The summed E-state index contributed by atoms with van der Waals surface area (Å²) in [6.45, 7) is -1.06. The molecule has 4 unspecified atom stereocenters. The molecule has 514 valence electrons. The summed E-state index contributed by atoms with van der Waals surface area (Å²) in [5.74, 6) is -7.11. The molecule has 6 aromatic carbocycles. The normalized spacial score (nSPS) is 12.2. The third kappa shape index (κ3) is 24.9. The first kappa shape index (κ1) is 81.0. The highest BCUT2D eigenvalue weighted by molar-refractivity contribution is 8.76. The number of hydrogen-bond donors (Lipinski definition) is 6. The van der Waals surface area contributed by atoms with Crippen LogP contribution in [0.5, 0.6) is 0 Å². The van der Waals surface area contributed by atoms with Gasteiger partial charge in [-0.25, -0.2) is 9.59 Å². The van der Waals surface area contributed by atoms with Crippen molar-refractivity contribution < 1.29 is 101 Å². The fourth-order valence-corrected chi connectivity index (χ4v) is 21.9. The lowest BCUT2D eigenvalue weighted by atomic mass is 10.1. The fourth-order valence-electron chi connectivity index (χ4n) is 10.7. The summed E-state index contributed by atoms with van der Waals surface area (Å²) in [5, 5.41) is 22.9. The Morgan fingerprint density at radius 3 is 0.844 bits per heavy atom. The van der Waals surface area contributed by atoms with Gasteiger partial charge in [-0.05, 0) is 111 Å². The molecule has 0 radical (unpaired) electrons. The van der Waals surface area contributed by atoms with Crippen molar-refractivity contribution in [3.05, 3.63) is 182 Å². The Morgan fingerprint density at radius 2 is 0.594 bits per heavy atom. The van der Waals surface area contributed by atoms with Crippen LogP contribution in [0.1, 0.15) is 64.2 Å². The van der Waals surface area contributed by atoms with Gasteiger partial charge in [0.25, 0.3) is 0 Å². The third-order valence-corrected chi connectivity index (χ3v) is 27.0. The number of amides is 6. The zero-order valence-electron chi connectivity index (χ0n) is 54.1. The molecule has 0 aliphatic rings. The number of benzene rings is 6. The van der Waals surface area contributed by atoms with Gasteiger partial charge < -0.3 is 84.8 Å². The minimum atomic E-state index is -2.15. The summed E-state index contributed by atoms with van der Waals surface area (Å²) in [5.41, 5.74) is 0. The van der Waals surface area contributed by atoms with E-state index < -0.39 is 111 Å². The van der Waals surface area contributed by atoms with Crippen LogP contribution in [0.4, 0.5) is 0 Å². The molecule has 0 aliphatic carbocycles. The van der Waals surface area contributed by atoms with E-state index >= 15 is 0 Å². The predicted octanol–water partition coefficient (Wildman–Crippen LogP) is -0.871. The topological polar surface area (TPSA) is 280 Å². The number of methoxy groups -OCH3 is 4. The maximum atomic E-state index is 13.6. The van der Waals surface area contributed by atoms with E-state index in [2.05, 4.69) is 114 Å². The van der Waals surface area contributed by atoms with Gasteiger partial charge in [0.2, 0.25) is 35.4 Å². The summed E-state index contributed by atoms with van der Waals surface area (Å²) in [6, 6.07) is 57.3. The van der Waals surface area contributed by atoms with Crippen molar-refractivity contribution in [3.63, 3.8) is 0 Å². The van der Waals surface area contributed by atoms with E-state index in [0.29, 0.717) is 25.7 Å². The minimum Gasteiger partial charge on any atom is -1.00 e. The molecule has 96 heavy (non-hydrogen) atoms. The second-order valence-electron chi connectivity index (χ2n) is 21.8. The predicted molar refractivity (Wildman–Crippen MR) is 373 cm³/mol. The van der Waals surface area contributed by atoms with Crippen LogP contribution in [0, 0.1) is 0 Å². The summed E-state index contributed by atoms with van der Waals surface area (Å²) in [6.07, 6.45) is 3.06. The van der Waals surface area contributed by atoms with Crippen LogP contribution < -0.4 is 97.7 Å². The van der Waals surface area contributed by atoms with Crippen LogP contribution >= 0.6 is 36.1 Å². The maximum Gasteiger partial charge on any atom is 0.328 e. The lowest BCUT2D eigenvalue weighted by Gasteiger charge is -2.27. The Hall–Kier alpha value is -7.46. The van der Waals surface area contributed by atoms with E-state index in [0.717, 1.165) is 48.1 Å². The molecule has 0 fully saturated rings. The number of halogens is 2. The molecule has 0 aliphatic heterocycles. The van der Waals surface area contributed by atoms with Crippen molar-refractivity contribution in [3.8, 4) is 0 Å². The second kappa shape index (κ2) is 43.7. The number of ether oxygens (including phenoxy) is 4. The molecule has 6 aromatic rings. The number of esters is 4. The number of carbonyl (C=O) groups excluding carboxylic acids is 10. The van der Waals surface area contributed by atoms with Crippen molar-refractivity contribution >= 4 is 127 Å². The Morgan fingerprint density at radius 1 is 0.344 bits per heavy atom. The average molecular weight is 1520 g/mol. The molecule has 0 aromatic heterocycles. The third-order valence-electron chi connectivity index (χ3n) is 15.6. The van der Waals surface area contributed by atoms with Crippen LogP contribution in [-0.2, 0) is 66.9 Å². The molecule has 0 bridgehead atoms. The average Bonchev–Trinajstić information content (AvgIpc) is 0.768. The van der Waals surface area contributed by atoms with Gasteiger partial charge >= 0.3 is 23.9 Å². The van der Waals surface area contributed by atoms with Crippen LogP contribution in [0.3, 0.4) is 0 Å². The molecule has 0 spiro atoms. The molecular formula is C70H84Br2N6O14P2S2. The number of unbranched alkanes of at least 4 members (excludes halogenated alkanes) is 2. The number of hydrogen-bond acceptors (Lipinski definition) is 16. The highest BCUT2D eigenvalue weighted by atomic mass is 79.9. The SMILES string of the molecule is COC(=O)CNC(=O)C(CSSCC(NC(=O)CCC(NC(=O)CCCC[P+](c1ccccc1)(c1ccccc1)c1ccccc1)C(=O)OC)C(=O)NCC(=O)OC)NC(=O)CCC(NC(=O)CCCC[P+](c1ccccc1)(c1ccccc1)c1ccccc1)C(=O)OC.[Br-].[Br-]. The summed E-state index contributed by atoms with van der Waals surface area (Å²) < 4.78 is 19.4. The van der Waals surface area contributed by atoms with Crippen molar-refractivity contribution in [2.45, 2.75) is 88.4 Å². The first-order valence-corrected chi connectivity index (χ1v) is 37.4. The van der Waals surface area contributed by atoms with Gasteiger partial charge in [0.15, 0.2) is 0 Å². The van der Waals surface area contributed by atoms with E-state index in [1.54, 1.807) is 0 Å². The molecule has 6 amide bonds. The van der Waals surface area contributed by atoms with E-state index in [4.69, 9.17) is 9.47 Å². The van der Waals surface area contributed by atoms with E-state index in [-0.39, 0.29) is 84.0 Å². The molecule has 20 nitrogen and oxygen atoms in total. The summed E-state index contributed by atoms with van der Waals surface area (Å²) >= 11 is 0. The molecule has 4 atom stereocenters. The number of nitrogens with one attached hydrogen (secondary N) is 6. The molecule has 6 N–H and O–H groups in total. The number of rotatable bonds is 39. The lowest BCUT2D eigenvalue weighted by molar-refractivity contribution is -0.146. The van der Waals surface area contributed by atoms with Gasteiger partial charge in [-0.1, -0.05) is 131 Å². The summed E-state index contributed by atoms with van der Waals surface area (Å²) in [7, 11) is 2.36. The summed E-state index contributed by atoms with van der Waals surface area (Å²) in [4.78, 5) is 132. The monoisotopic (exact) mass is 1520 g/mol. The van der Waals surface area contributed by atoms with E-state index in [1.807, 2.05) is 109 Å². The minimum absolute atomic E-state index is 0. The molecule has 0 heterocycles.